The molecule has 2 bridgehead atoms. The summed E-state index contributed by atoms with van der Waals surface area (Å²) in [6, 6.07) is 28.6. The van der Waals surface area contributed by atoms with E-state index in [1.54, 1.807) is 41.6 Å². The SMILES string of the molecule is O=C(O[C@@H](Cc1c(Cl)c[nH+]cc1Cl)c1ccc(OC(F)F)c(OCC2CC2)c1)[C@@H]1SCCN1C(=O)c1ccc(COc2cccc(CN(C(=O)O[C@H]3CN4CCC3CC4)c3ccccc3)c2)cc1.[OH-]. The number of hydrogen-bond acceptors (Lipinski definition) is 11. The molecule has 5 aliphatic rings. The lowest BCUT2D eigenvalue weighted by molar-refractivity contribution is -0.377. The van der Waals surface area contributed by atoms with Crippen LogP contribution >= 0.6 is 35.0 Å². The highest BCUT2D eigenvalue weighted by molar-refractivity contribution is 8.00. The van der Waals surface area contributed by atoms with Crippen LogP contribution in [0, 0.1) is 11.8 Å². The summed E-state index contributed by atoms with van der Waals surface area (Å²) < 4.78 is 56.0. The molecular formula is C51H52Cl2F2N4O9S. The van der Waals surface area contributed by atoms with Gasteiger partial charge in [0.1, 0.15) is 34.6 Å². The quantitative estimate of drug-likeness (QED) is 0.0772. The number of halogens is 4. The van der Waals surface area contributed by atoms with Crippen molar-refractivity contribution < 1.29 is 57.3 Å². The second-order valence-electron chi connectivity index (χ2n) is 17.4. The van der Waals surface area contributed by atoms with E-state index in [0.717, 1.165) is 62.1 Å². The minimum absolute atomic E-state index is 0. The molecule has 69 heavy (non-hydrogen) atoms. The molecule has 5 heterocycles. The van der Waals surface area contributed by atoms with Crippen LogP contribution in [0.5, 0.6) is 17.2 Å². The standard InChI is InChI=1S/C51H50Cl2F2N4O8S.H2O/c52-41-26-56-27-42(53)40(41)25-44(37-15-16-43(66-50(54)55)45(24-37)64-31-32-9-10-32)65-49(61)48-58(21-22-68-48)47(60)36-13-11-33(12-14-36)30-63-39-8-4-5-34(23-39)28-59(38-6-2-1-3-7-38)51(62)67-46-29-57-19-17-35(46)18-20-57;/h1-8,11-16,23-24,26-27,32,35,44,46,48,50H,9-10,17-22,25,28-31H2;1H2/t44-,46-,48-;/m0./s1. The number of benzene rings is 4. The highest BCUT2D eigenvalue weighted by Gasteiger charge is 2.39. The normalized spacial score (nSPS) is 19.9. The van der Waals surface area contributed by atoms with E-state index in [-0.39, 0.29) is 48.1 Å². The minimum atomic E-state index is -3.07. The molecule has 2 N–H and O–H groups in total. The third-order valence-corrected chi connectivity index (χ3v) is 14.6. The zero-order valence-electron chi connectivity index (χ0n) is 37.5. The Kier molecular flexibility index (Phi) is 16.5. The number of hydrogen-bond donors (Lipinski definition) is 0. The zero-order valence-corrected chi connectivity index (χ0v) is 39.9. The van der Waals surface area contributed by atoms with E-state index in [1.807, 2.05) is 54.6 Å². The topological polar surface area (TPSA) is 151 Å². The average molecular weight is 1010 g/mol. The number of H-pyrrole nitrogens is 1. The van der Waals surface area contributed by atoms with Gasteiger partial charge in [-0.3, -0.25) is 14.6 Å². The number of carbonyl (C=O) groups excluding carboxylic acids is 3. The molecule has 0 radical (unpaired) electrons. The predicted octanol–water partition coefficient (Wildman–Crippen LogP) is 9.88. The lowest BCUT2D eigenvalue weighted by Gasteiger charge is -2.44. The molecular weight excluding hydrogens is 954 g/mol. The summed E-state index contributed by atoms with van der Waals surface area (Å²) in [6.07, 6.45) is 5.69. The number of anilines is 1. The first kappa shape index (κ1) is 49.8. The average Bonchev–Trinajstić information content (AvgIpc) is 4.06. The van der Waals surface area contributed by atoms with Crippen LogP contribution in [-0.2, 0) is 33.8 Å². The number of nitrogens with one attached hydrogen (secondary N) is 1. The molecule has 4 aromatic carbocycles. The Bertz CT molecular complexity index is 2550. The van der Waals surface area contributed by atoms with Gasteiger partial charge < -0.3 is 34.1 Å². The van der Waals surface area contributed by atoms with Crippen molar-refractivity contribution in [2.75, 3.05) is 43.4 Å². The number of fused-ring (bicyclic) bond motifs is 3. The molecule has 4 aliphatic heterocycles. The van der Waals surface area contributed by atoms with Gasteiger partial charge in [0.2, 0.25) is 0 Å². The number of para-hydroxylation sites is 1. The number of carbonyl (C=O) groups is 3. The molecule has 0 spiro atoms. The van der Waals surface area contributed by atoms with Gasteiger partial charge in [0, 0.05) is 42.1 Å². The summed E-state index contributed by atoms with van der Waals surface area (Å²) in [5.74, 6) is 0.753. The van der Waals surface area contributed by atoms with Crippen molar-refractivity contribution in [2.24, 2.45) is 11.8 Å². The number of pyridine rings is 1. The van der Waals surface area contributed by atoms with Gasteiger partial charge in [0.25, 0.3) is 5.91 Å². The lowest BCUT2D eigenvalue weighted by Crippen LogP contribution is -2.53. The number of piperidine rings is 3. The van der Waals surface area contributed by atoms with Gasteiger partial charge in [0.05, 0.1) is 13.2 Å². The third-order valence-electron chi connectivity index (χ3n) is 12.7. The van der Waals surface area contributed by atoms with Gasteiger partial charge in [-0.15, -0.1) is 11.8 Å². The molecule has 5 aromatic rings. The number of amides is 2. The summed E-state index contributed by atoms with van der Waals surface area (Å²) >= 11 is 14.4. The molecule has 4 saturated heterocycles. The number of thioether (sulfide) groups is 1. The number of rotatable bonds is 18. The van der Waals surface area contributed by atoms with Crippen LogP contribution in [0.4, 0.5) is 19.3 Å². The van der Waals surface area contributed by atoms with Crippen LogP contribution in [-0.4, -0.2) is 89.9 Å². The van der Waals surface area contributed by atoms with Crippen LogP contribution in [0.1, 0.15) is 64.4 Å². The Morgan fingerprint density at radius 3 is 2.28 bits per heavy atom. The van der Waals surface area contributed by atoms with Crippen molar-refractivity contribution in [1.82, 2.24) is 9.80 Å². The number of nitrogens with zero attached hydrogens (tertiary/aromatic N) is 3. The van der Waals surface area contributed by atoms with Crippen molar-refractivity contribution in [1.29, 1.82) is 0 Å². The summed E-state index contributed by atoms with van der Waals surface area (Å²) in [6.45, 7) is 0.948. The largest absolute Gasteiger partial charge is 0.870 e. The Morgan fingerprint density at radius 2 is 1.58 bits per heavy atom. The smallest absolute Gasteiger partial charge is 0.414 e. The van der Waals surface area contributed by atoms with Crippen LogP contribution in [0.3, 0.4) is 0 Å². The summed E-state index contributed by atoms with van der Waals surface area (Å²) in [5, 5.41) is -0.360. The first-order valence-corrected chi connectivity index (χ1v) is 24.6. The molecule has 1 aliphatic carbocycles. The summed E-state index contributed by atoms with van der Waals surface area (Å²) in [5.41, 5.74) is 3.74. The summed E-state index contributed by atoms with van der Waals surface area (Å²) in [7, 11) is 0. The second-order valence-corrected chi connectivity index (χ2v) is 19.4. The van der Waals surface area contributed by atoms with Crippen LogP contribution in [0.25, 0.3) is 0 Å². The van der Waals surface area contributed by atoms with E-state index in [0.29, 0.717) is 69.8 Å². The number of aromatic amines is 1. The van der Waals surface area contributed by atoms with E-state index in [1.165, 1.54) is 34.9 Å². The zero-order chi connectivity index (χ0) is 47.1. The Hall–Kier alpha value is -5.65. The van der Waals surface area contributed by atoms with E-state index in [4.69, 9.17) is 46.9 Å². The fourth-order valence-corrected chi connectivity index (χ4v) is 10.4. The second kappa shape index (κ2) is 22.8. The van der Waals surface area contributed by atoms with E-state index < -0.39 is 24.1 Å². The third kappa shape index (κ3) is 12.6. The van der Waals surface area contributed by atoms with Gasteiger partial charge >= 0.3 is 18.7 Å². The Balaban J connectivity index is 0.00000642. The highest BCUT2D eigenvalue weighted by Crippen LogP contribution is 2.39. The molecule has 5 fully saturated rings. The molecule has 1 saturated carbocycles. The Labute approximate surface area is 413 Å². The monoisotopic (exact) mass is 1000 g/mol. The van der Waals surface area contributed by atoms with Crippen molar-refractivity contribution in [3.05, 3.63) is 147 Å². The predicted molar refractivity (Wildman–Crippen MR) is 255 cm³/mol. The number of esters is 1. The first-order valence-electron chi connectivity index (χ1n) is 22.8. The maximum atomic E-state index is 14.1. The van der Waals surface area contributed by atoms with E-state index in [2.05, 4.69) is 9.88 Å². The van der Waals surface area contributed by atoms with Gasteiger partial charge in [-0.25, -0.2) is 14.6 Å². The van der Waals surface area contributed by atoms with E-state index >= 15 is 0 Å². The number of aromatic nitrogens is 1. The summed E-state index contributed by atoms with van der Waals surface area (Å²) in [4.78, 5) is 50.2. The molecule has 1 aromatic heterocycles. The molecule has 13 nitrogen and oxygen atoms in total. The van der Waals surface area contributed by atoms with Crippen molar-refractivity contribution in [3.63, 3.8) is 0 Å². The molecule has 364 valence electrons. The first-order chi connectivity index (χ1) is 33.0. The molecule has 2 amide bonds. The lowest BCUT2D eigenvalue weighted by atomic mass is 9.86. The Morgan fingerprint density at radius 1 is 0.826 bits per heavy atom. The van der Waals surface area contributed by atoms with Crippen LogP contribution in [0.2, 0.25) is 10.0 Å². The van der Waals surface area contributed by atoms with Gasteiger partial charge in [-0.2, -0.15) is 8.78 Å². The van der Waals surface area contributed by atoms with Crippen molar-refractivity contribution >= 4 is 58.6 Å². The van der Waals surface area contributed by atoms with Gasteiger partial charge in [0.15, 0.2) is 29.3 Å². The van der Waals surface area contributed by atoms with Crippen LogP contribution < -0.4 is 24.1 Å². The maximum absolute atomic E-state index is 14.1. The fourth-order valence-electron chi connectivity index (χ4n) is 8.78. The van der Waals surface area contributed by atoms with E-state index in [9.17, 15) is 23.2 Å². The van der Waals surface area contributed by atoms with Crippen LogP contribution in [0.15, 0.2) is 109 Å². The number of ether oxygens (including phenoxy) is 5. The molecule has 18 heteroatoms. The maximum Gasteiger partial charge on any atom is 0.414 e. The van der Waals surface area contributed by atoms with Gasteiger partial charge in [-0.05, 0) is 116 Å². The fraction of sp³-hybridized carbons (Fsp3) is 0.373. The molecule has 3 atom stereocenters. The highest BCUT2D eigenvalue weighted by atomic mass is 35.5. The van der Waals surface area contributed by atoms with Crippen molar-refractivity contribution in [2.45, 2.75) is 69.4 Å². The van der Waals surface area contributed by atoms with Gasteiger partial charge in [-0.1, -0.05) is 71.7 Å². The molecule has 10 rings (SSSR count). The molecule has 0 unspecified atom stereocenters. The minimum Gasteiger partial charge on any atom is -0.870 e. The van der Waals surface area contributed by atoms with Crippen molar-refractivity contribution in [3.8, 4) is 17.2 Å². The number of alkyl halides is 2.